The van der Waals surface area contributed by atoms with E-state index in [1.807, 2.05) is 43.3 Å². The number of amides is 1. The number of benzene rings is 2. The van der Waals surface area contributed by atoms with Gasteiger partial charge >= 0.3 is 0 Å². The number of fused-ring (bicyclic) bond motifs is 1. The fraction of sp³-hybridized carbons (Fsp3) is 0.462. The number of nitrogens with zero attached hydrogens (tertiary/aromatic N) is 2. The summed E-state index contributed by atoms with van der Waals surface area (Å²) in [5, 5.41) is 3.15. The van der Waals surface area contributed by atoms with Gasteiger partial charge < -0.3 is 9.88 Å². The lowest BCUT2D eigenvalue weighted by Crippen LogP contribution is -2.30. The molecular formula is C26H35N3O. The molecule has 0 radical (unpaired) electrons. The molecule has 0 saturated heterocycles. The molecule has 2 aromatic carbocycles. The summed E-state index contributed by atoms with van der Waals surface area (Å²) in [5.41, 5.74) is 3.18. The molecule has 1 aromatic heterocycles. The predicted molar refractivity (Wildman–Crippen MR) is 124 cm³/mol. The van der Waals surface area contributed by atoms with Crippen LogP contribution < -0.4 is 5.32 Å². The van der Waals surface area contributed by atoms with Gasteiger partial charge in [0.1, 0.15) is 5.82 Å². The average molecular weight is 406 g/mol. The number of hydrogen-bond acceptors (Lipinski definition) is 2. The monoisotopic (exact) mass is 405 g/mol. The third kappa shape index (κ3) is 6.19. The lowest BCUT2D eigenvalue weighted by Gasteiger charge is -2.16. The summed E-state index contributed by atoms with van der Waals surface area (Å²) in [5.74, 6) is 0.979. The van der Waals surface area contributed by atoms with Crippen molar-refractivity contribution in [1.29, 1.82) is 0 Å². The third-order valence-corrected chi connectivity index (χ3v) is 5.64. The first-order valence-electron chi connectivity index (χ1n) is 11.5. The number of rotatable bonds is 12. The molecule has 1 atom stereocenters. The lowest BCUT2D eigenvalue weighted by atomic mass is 10.1. The highest BCUT2D eigenvalue weighted by molar-refractivity contribution is 5.79. The number of carbonyl (C=O) groups excluding carboxylic acids is 1. The average Bonchev–Trinajstić information content (AvgIpc) is 3.12. The summed E-state index contributed by atoms with van der Waals surface area (Å²) in [6.07, 6.45) is 9.38. The van der Waals surface area contributed by atoms with Crippen molar-refractivity contribution in [2.24, 2.45) is 0 Å². The van der Waals surface area contributed by atoms with E-state index in [0.717, 1.165) is 35.4 Å². The van der Waals surface area contributed by atoms with Crippen molar-refractivity contribution in [1.82, 2.24) is 14.9 Å². The molecule has 4 nitrogen and oxygen atoms in total. The van der Waals surface area contributed by atoms with Crippen LogP contribution in [0.15, 0.2) is 54.6 Å². The summed E-state index contributed by atoms with van der Waals surface area (Å²) in [7, 11) is 0. The first-order chi connectivity index (χ1) is 14.7. The molecule has 3 aromatic rings. The van der Waals surface area contributed by atoms with Crippen molar-refractivity contribution in [3.63, 3.8) is 0 Å². The number of aryl methyl sites for hydroxylation is 1. The Bertz CT molecular complexity index is 916. The second kappa shape index (κ2) is 11.5. The van der Waals surface area contributed by atoms with Gasteiger partial charge in [-0.2, -0.15) is 0 Å². The largest absolute Gasteiger partial charge is 0.346 e. The van der Waals surface area contributed by atoms with Gasteiger partial charge in [0, 0.05) is 6.54 Å². The smallest absolute Gasteiger partial charge is 0.224 e. The van der Waals surface area contributed by atoms with E-state index in [0.29, 0.717) is 6.42 Å². The number of imidazole rings is 1. The quantitative estimate of drug-likeness (QED) is 0.364. The van der Waals surface area contributed by atoms with Crippen molar-refractivity contribution >= 4 is 16.9 Å². The summed E-state index contributed by atoms with van der Waals surface area (Å²) >= 11 is 0. The van der Waals surface area contributed by atoms with Gasteiger partial charge in [-0.25, -0.2) is 4.98 Å². The Morgan fingerprint density at radius 2 is 1.60 bits per heavy atom. The van der Waals surface area contributed by atoms with Crippen LogP contribution in [0.2, 0.25) is 0 Å². The number of para-hydroxylation sites is 2. The lowest BCUT2D eigenvalue weighted by molar-refractivity contribution is -0.121. The predicted octanol–water partition coefficient (Wildman–Crippen LogP) is 6.21. The van der Waals surface area contributed by atoms with Crippen molar-refractivity contribution in [3.05, 3.63) is 66.0 Å². The molecule has 0 bridgehead atoms. The second-order valence-corrected chi connectivity index (χ2v) is 8.18. The van der Waals surface area contributed by atoms with E-state index in [1.165, 1.54) is 38.5 Å². The summed E-state index contributed by atoms with van der Waals surface area (Å²) < 4.78 is 2.30. The van der Waals surface area contributed by atoms with Crippen molar-refractivity contribution < 1.29 is 4.79 Å². The van der Waals surface area contributed by atoms with E-state index < -0.39 is 0 Å². The molecule has 1 N–H and O–H groups in total. The highest BCUT2D eigenvalue weighted by Gasteiger charge is 2.18. The van der Waals surface area contributed by atoms with Crippen molar-refractivity contribution in [3.8, 4) is 0 Å². The van der Waals surface area contributed by atoms with Gasteiger partial charge in [-0.1, -0.05) is 87.9 Å². The fourth-order valence-corrected chi connectivity index (χ4v) is 4.03. The molecule has 0 aliphatic carbocycles. The number of nitrogens with one attached hydrogen (secondary N) is 1. The molecule has 3 rings (SSSR count). The normalized spacial score (nSPS) is 12.2. The van der Waals surface area contributed by atoms with Gasteiger partial charge in [0.25, 0.3) is 0 Å². The molecule has 1 heterocycles. The second-order valence-electron chi connectivity index (χ2n) is 8.18. The van der Waals surface area contributed by atoms with E-state index in [2.05, 4.69) is 35.0 Å². The van der Waals surface area contributed by atoms with E-state index in [-0.39, 0.29) is 11.9 Å². The van der Waals surface area contributed by atoms with Gasteiger partial charge in [0.2, 0.25) is 5.91 Å². The van der Waals surface area contributed by atoms with E-state index >= 15 is 0 Å². The van der Waals surface area contributed by atoms with Gasteiger partial charge in [-0.05, 0) is 31.0 Å². The van der Waals surface area contributed by atoms with Crippen LogP contribution in [0.3, 0.4) is 0 Å². The van der Waals surface area contributed by atoms with E-state index in [1.54, 1.807) is 0 Å². The van der Waals surface area contributed by atoms with E-state index in [4.69, 9.17) is 4.98 Å². The molecule has 0 spiro atoms. The van der Waals surface area contributed by atoms with Crippen LogP contribution in [-0.4, -0.2) is 15.5 Å². The van der Waals surface area contributed by atoms with Crippen LogP contribution in [0, 0.1) is 0 Å². The molecule has 0 saturated carbocycles. The zero-order valence-corrected chi connectivity index (χ0v) is 18.4. The highest BCUT2D eigenvalue weighted by Crippen LogP contribution is 2.22. The molecule has 160 valence electrons. The van der Waals surface area contributed by atoms with Crippen molar-refractivity contribution in [2.45, 2.75) is 77.8 Å². The Kier molecular flexibility index (Phi) is 8.49. The Hall–Kier alpha value is -2.62. The standard InChI is InChI=1S/C26H35N3O/c1-3-4-5-6-7-8-14-19-29-24-18-13-12-17-23(24)28-26(29)21(2)27-25(30)20-22-15-10-9-11-16-22/h9-13,15-18,21H,3-8,14,19-20H2,1-2H3,(H,27,30). The minimum absolute atomic E-state index is 0.0308. The maximum Gasteiger partial charge on any atom is 0.224 e. The van der Waals surface area contributed by atoms with Gasteiger partial charge in [-0.15, -0.1) is 0 Å². The molecule has 0 aliphatic rings. The van der Waals surface area contributed by atoms with E-state index in [9.17, 15) is 4.79 Å². The molecule has 1 unspecified atom stereocenters. The minimum atomic E-state index is -0.127. The Balaban J connectivity index is 1.63. The minimum Gasteiger partial charge on any atom is -0.346 e. The molecule has 0 fully saturated rings. The van der Waals surface area contributed by atoms with Crippen LogP contribution in [0.1, 0.15) is 76.2 Å². The first-order valence-corrected chi connectivity index (χ1v) is 11.5. The number of aromatic nitrogens is 2. The Labute approximate surface area is 180 Å². The van der Waals surface area contributed by atoms with Crippen molar-refractivity contribution in [2.75, 3.05) is 0 Å². The maximum absolute atomic E-state index is 12.6. The van der Waals surface area contributed by atoms with Crippen LogP contribution in [0.4, 0.5) is 0 Å². The third-order valence-electron chi connectivity index (χ3n) is 5.64. The van der Waals surface area contributed by atoms with Crippen LogP contribution in [-0.2, 0) is 17.8 Å². The summed E-state index contributed by atoms with van der Waals surface area (Å²) in [6.45, 7) is 5.24. The van der Waals surface area contributed by atoms with Gasteiger partial charge in [0.15, 0.2) is 0 Å². The number of carbonyl (C=O) groups is 1. The highest BCUT2D eigenvalue weighted by atomic mass is 16.1. The Morgan fingerprint density at radius 3 is 2.37 bits per heavy atom. The zero-order valence-electron chi connectivity index (χ0n) is 18.4. The molecule has 4 heteroatoms. The fourth-order valence-electron chi connectivity index (χ4n) is 4.03. The molecular weight excluding hydrogens is 370 g/mol. The Morgan fingerprint density at radius 1 is 0.933 bits per heavy atom. The topological polar surface area (TPSA) is 46.9 Å². The SMILES string of the molecule is CCCCCCCCCn1c(C(C)NC(=O)Cc2ccccc2)nc2ccccc21. The van der Waals surface area contributed by atoms with Gasteiger partial charge in [-0.3, -0.25) is 4.79 Å². The number of hydrogen-bond donors (Lipinski definition) is 1. The van der Waals surface area contributed by atoms with Crippen LogP contribution in [0.5, 0.6) is 0 Å². The zero-order chi connectivity index (χ0) is 21.2. The molecule has 1 amide bonds. The number of unbranched alkanes of at least 4 members (excludes halogenated alkanes) is 6. The maximum atomic E-state index is 12.6. The van der Waals surface area contributed by atoms with Crippen LogP contribution in [0.25, 0.3) is 11.0 Å². The summed E-state index contributed by atoms with van der Waals surface area (Å²) in [6, 6.07) is 18.0. The summed E-state index contributed by atoms with van der Waals surface area (Å²) in [4.78, 5) is 17.4. The van der Waals surface area contributed by atoms with Gasteiger partial charge in [0.05, 0.1) is 23.5 Å². The molecule has 0 aliphatic heterocycles. The molecule has 30 heavy (non-hydrogen) atoms. The van der Waals surface area contributed by atoms with Crippen LogP contribution >= 0.6 is 0 Å². The first kappa shape index (κ1) is 22.1.